The van der Waals surface area contributed by atoms with Crippen LogP contribution in [0.25, 0.3) is 6.08 Å². The van der Waals surface area contributed by atoms with Gasteiger partial charge < -0.3 is 29.2 Å². The van der Waals surface area contributed by atoms with Crippen molar-refractivity contribution in [3.8, 4) is 5.75 Å². The quantitative estimate of drug-likeness (QED) is 0.557. The summed E-state index contributed by atoms with van der Waals surface area (Å²) in [7, 11) is 0.715. The number of nitrogens with one attached hydrogen (secondary N) is 1. The van der Waals surface area contributed by atoms with Crippen LogP contribution in [0, 0.1) is 0 Å². The molecule has 180 valence electrons. The lowest BCUT2D eigenvalue weighted by Crippen LogP contribution is -2.41. The molecule has 0 radical (unpaired) electrons. The fourth-order valence-corrected chi connectivity index (χ4v) is 3.31. The number of carboxylic acid groups (broad SMARTS) is 1. The van der Waals surface area contributed by atoms with Gasteiger partial charge in [0.05, 0.1) is 23.9 Å². The first-order chi connectivity index (χ1) is 16.0. The molecule has 1 saturated heterocycles. The maximum absolute atomic E-state index is 12.3. The molecule has 0 spiro atoms. The number of rotatable bonds is 8. The van der Waals surface area contributed by atoms with E-state index in [2.05, 4.69) is 5.32 Å². The zero-order valence-electron chi connectivity index (χ0n) is 20.1. The van der Waals surface area contributed by atoms with Gasteiger partial charge in [-0.3, -0.25) is 0 Å². The first-order valence-corrected chi connectivity index (χ1v) is 10.9. The fraction of sp³-hybridized carbons (Fsp3) is 0.360. The number of amides is 1. The minimum Gasteiger partial charge on any atom is -0.497 e. The molecule has 8 nitrogen and oxygen atoms in total. The number of alkyl carbamates (subject to hydrolysis) is 1. The van der Waals surface area contributed by atoms with Gasteiger partial charge in [-0.1, -0.05) is 36.4 Å². The van der Waals surface area contributed by atoms with Crippen molar-refractivity contribution in [1.29, 1.82) is 0 Å². The molecule has 0 aliphatic carbocycles. The number of carbonyl (C=O) groups is 2. The molecule has 0 atom stereocenters. The Balaban J connectivity index is 1.82. The van der Waals surface area contributed by atoms with E-state index in [4.69, 9.17) is 18.8 Å². The summed E-state index contributed by atoms with van der Waals surface area (Å²) >= 11 is 0. The van der Waals surface area contributed by atoms with Crippen molar-refractivity contribution < 1.29 is 33.5 Å². The highest BCUT2D eigenvalue weighted by Crippen LogP contribution is 2.39. The highest BCUT2D eigenvalue weighted by molar-refractivity contribution is 6.56. The Morgan fingerprint density at radius 3 is 2.29 bits per heavy atom. The van der Waals surface area contributed by atoms with Gasteiger partial charge in [0.2, 0.25) is 0 Å². The van der Waals surface area contributed by atoms with E-state index in [9.17, 15) is 14.7 Å². The third kappa shape index (κ3) is 6.18. The van der Waals surface area contributed by atoms with Crippen molar-refractivity contribution in [1.82, 2.24) is 5.32 Å². The van der Waals surface area contributed by atoms with Crippen LogP contribution in [0.4, 0.5) is 4.79 Å². The number of benzene rings is 2. The smallest absolute Gasteiger partial charge is 0.492 e. The first-order valence-electron chi connectivity index (χ1n) is 10.9. The molecule has 0 saturated carbocycles. The molecule has 1 amide bonds. The molecular formula is C25H30BNO7. The van der Waals surface area contributed by atoms with Gasteiger partial charge in [0.25, 0.3) is 0 Å². The maximum atomic E-state index is 12.3. The normalized spacial score (nSPS) is 16.7. The minimum absolute atomic E-state index is 0.0735. The summed E-state index contributed by atoms with van der Waals surface area (Å²) in [5.41, 5.74) is 0.933. The van der Waals surface area contributed by atoms with Gasteiger partial charge >= 0.3 is 19.2 Å². The molecule has 2 aromatic rings. The Morgan fingerprint density at radius 2 is 1.71 bits per heavy atom. The molecule has 2 aromatic carbocycles. The molecule has 2 N–H and O–H groups in total. The van der Waals surface area contributed by atoms with Crippen LogP contribution < -0.4 is 10.1 Å². The molecule has 0 bridgehead atoms. The van der Waals surface area contributed by atoms with Gasteiger partial charge in [-0.25, -0.2) is 9.59 Å². The summed E-state index contributed by atoms with van der Waals surface area (Å²) in [6.45, 7) is 7.94. The van der Waals surface area contributed by atoms with E-state index in [0.717, 1.165) is 5.56 Å². The van der Waals surface area contributed by atoms with E-state index in [1.165, 1.54) is 19.2 Å². The number of hydrogen-bond donors (Lipinski definition) is 2. The number of carboxylic acids is 1. The number of hydrogen-bond acceptors (Lipinski definition) is 6. The summed E-state index contributed by atoms with van der Waals surface area (Å²) in [6.07, 6.45) is 1.14. The first kappa shape index (κ1) is 25.3. The van der Waals surface area contributed by atoms with E-state index in [1.807, 2.05) is 58.0 Å². The number of methoxy groups -OCH3 is 1. The molecule has 1 fully saturated rings. The van der Waals surface area contributed by atoms with Crippen LogP contribution >= 0.6 is 0 Å². The van der Waals surface area contributed by atoms with Crippen molar-refractivity contribution in [3.05, 3.63) is 70.7 Å². The molecule has 9 heteroatoms. The van der Waals surface area contributed by atoms with Crippen LogP contribution in [-0.4, -0.2) is 49.1 Å². The second-order valence-electron chi connectivity index (χ2n) is 9.02. The molecule has 1 aliphatic heterocycles. The van der Waals surface area contributed by atoms with Crippen LogP contribution in [0.15, 0.2) is 54.0 Å². The van der Waals surface area contributed by atoms with E-state index < -0.39 is 30.4 Å². The molecule has 1 aliphatic rings. The largest absolute Gasteiger partial charge is 0.497 e. The van der Waals surface area contributed by atoms with Crippen molar-refractivity contribution in [3.63, 3.8) is 0 Å². The van der Waals surface area contributed by atoms with Crippen molar-refractivity contribution >= 4 is 25.3 Å². The van der Waals surface area contributed by atoms with E-state index >= 15 is 0 Å². The van der Waals surface area contributed by atoms with Crippen molar-refractivity contribution in [2.24, 2.45) is 0 Å². The fourth-order valence-electron chi connectivity index (χ4n) is 3.31. The average molecular weight is 467 g/mol. The zero-order valence-corrected chi connectivity index (χ0v) is 20.1. The van der Waals surface area contributed by atoms with Gasteiger partial charge in [0.15, 0.2) is 0 Å². The lowest BCUT2D eigenvalue weighted by molar-refractivity contribution is 0.00578. The van der Waals surface area contributed by atoms with Gasteiger partial charge in [-0.05, 0) is 62.5 Å². The molecule has 3 rings (SSSR count). The van der Waals surface area contributed by atoms with E-state index in [-0.39, 0.29) is 18.7 Å². The Morgan fingerprint density at radius 1 is 1.06 bits per heavy atom. The lowest BCUT2D eigenvalue weighted by Gasteiger charge is -2.32. The SMILES string of the molecule is COc1cc(C=C(CNC(=O)OCc2ccccc2)B2OC(C)(C)C(C)(C)O2)cc(C(=O)O)c1. The van der Waals surface area contributed by atoms with Crippen molar-refractivity contribution in [2.45, 2.75) is 45.5 Å². The van der Waals surface area contributed by atoms with Gasteiger partial charge in [0, 0.05) is 6.54 Å². The Labute approximate surface area is 200 Å². The van der Waals surface area contributed by atoms with E-state index in [0.29, 0.717) is 16.8 Å². The van der Waals surface area contributed by atoms with Crippen LogP contribution in [0.2, 0.25) is 0 Å². The highest BCUT2D eigenvalue weighted by Gasteiger charge is 2.52. The van der Waals surface area contributed by atoms with Gasteiger partial charge in [0.1, 0.15) is 12.4 Å². The third-order valence-electron chi connectivity index (χ3n) is 5.97. The summed E-state index contributed by atoms with van der Waals surface area (Å²) in [4.78, 5) is 23.9. The Hall–Kier alpha value is -3.30. The standard InChI is InChI=1S/C25H30BNO7/c1-24(2)25(3,4)34-26(33-24)20(12-18-11-19(22(28)29)14-21(13-18)31-5)15-27-23(30)32-16-17-9-7-6-8-10-17/h6-14H,15-16H2,1-5H3,(H,27,30)(H,28,29). The van der Waals surface area contributed by atoms with E-state index in [1.54, 1.807) is 12.1 Å². The van der Waals surface area contributed by atoms with Crippen LogP contribution in [0.1, 0.15) is 49.2 Å². The third-order valence-corrected chi connectivity index (χ3v) is 5.97. The number of aromatic carboxylic acids is 1. The van der Waals surface area contributed by atoms with Crippen LogP contribution in [-0.2, 0) is 20.7 Å². The summed E-state index contributed by atoms with van der Waals surface area (Å²) in [6, 6.07) is 14.0. The monoisotopic (exact) mass is 467 g/mol. The highest BCUT2D eigenvalue weighted by atomic mass is 16.7. The van der Waals surface area contributed by atoms with Gasteiger partial charge in [-0.2, -0.15) is 0 Å². The number of carbonyl (C=O) groups excluding carboxylic acids is 1. The van der Waals surface area contributed by atoms with Crippen LogP contribution in [0.5, 0.6) is 5.75 Å². The molecule has 0 aromatic heterocycles. The molecule has 0 unspecified atom stereocenters. The van der Waals surface area contributed by atoms with Gasteiger partial charge in [-0.15, -0.1) is 0 Å². The summed E-state index contributed by atoms with van der Waals surface area (Å²) in [5.74, 6) is -0.678. The zero-order chi connectivity index (χ0) is 24.9. The molecule has 1 heterocycles. The Kier molecular flexibility index (Phi) is 7.69. The maximum Gasteiger partial charge on any atom is 0.492 e. The summed E-state index contributed by atoms with van der Waals surface area (Å²) < 4.78 is 22.9. The average Bonchev–Trinajstić information content (AvgIpc) is 3.02. The second-order valence-corrected chi connectivity index (χ2v) is 9.02. The minimum atomic E-state index is -1.08. The van der Waals surface area contributed by atoms with Crippen molar-refractivity contribution in [2.75, 3.05) is 13.7 Å². The molecule has 34 heavy (non-hydrogen) atoms. The Bertz CT molecular complexity index is 1050. The number of ether oxygens (including phenoxy) is 2. The topological polar surface area (TPSA) is 103 Å². The van der Waals surface area contributed by atoms with Crippen LogP contribution in [0.3, 0.4) is 0 Å². The predicted octanol–water partition coefficient (Wildman–Crippen LogP) is 4.33. The molecular weight excluding hydrogens is 437 g/mol. The lowest BCUT2D eigenvalue weighted by atomic mass is 9.77. The predicted molar refractivity (Wildman–Crippen MR) is 129 cm³/mol. The summed E-state index contributed by atoms with van der Waals surface area (Å²) in [5, 5.41) is 12.2. The second kappa shape index (κ2) is 10.3.